The van der Waals surface area contributed by atoms with Crippen LogP contribution in [0.2, 0.25) is 0 Å². The van der Waals surface area contributed by atoms with E-state index in [-0.39, 0.29) is 5.91 Å². The molecule has 1 amide bonds. The summed E-state index contributed by atoms with van der Waals surface area (Å²) in [5.74, 6) is 0.261. The van der Waals surface area contributed by atoms with Crippen molar-refractivity contribution in [3.63, 3.8) is 0 Å². The molecule has 5 rings (SSSR count). The Kier molecular flexibility index (Phi) is 3.97. The molecule has 7 heteroatoms. The van der Waals surface area contributed by atoms with Gasteiger partial charge in [0, 0.05) is 18.7 Å². The van der Waals surface area contributed by atoms with Crippen LogP contribution in [0, 0.1) is 13.8 Å². The van der Waals surface area contributed by atoms with Crippen molar-refractivity contribution in [3.8, 4) is 5.69 Å². The normalized spacial score (nSPS) is 13.8. The number of anilines is 1. The maximum absolute atomic E-state index is 13.3. The highest BCUT2D eigenvalue weighted by Crippen LogP contribution is 2.40. The Morgan fingerprint density at radius 1 is 1.17 bits per heavy atom. The van der Waals surface area contributed by atoms with E-state index in [1.54, 1.807) is 10.9 Å². The quantitative estimate of drug-likeness (QED) is 0.577. The number of carbonyl (C=O) groups is 1. The van der Waals surface area contributed by atoms with Crippen LogP contribution in [0.4, 0.5) is 5.69 Å². The van der Waals surface area contributed by atoms with Crippen LogP contribution in [0.5, 0.6) is 0 Å². The van der Waals surface area contributed by atoms with Crippen molar-refractivity contribution in [3.05, 3.63) is 65.2 Å². The van der Waals surface area contributed by atoms with Crippen molar-refractivity contribution in [1.82, 2.24) is 24.5 Å². The van der Waals surface area contributed by atoms with E-state index >= 15 is 0 Å². The molecule has 1 saturated carbocycles. The average Bonchev–Trinajstić information content (AvgIpc) is 3.47. The summed E-state index contributed by atoms with van der Waals surface area (Å²) in [7, 11) is 1.86. The van der Waals surface area contributed by atoms with E-state index in [2.05, 4.69) is 10.4 Å². The standard InChI is InChI=1S/C22H22N6O/c1-13-20-17(22(29)25-19-12-23-27(3)14(19)2)11-18(15-9-10-15)24-21(20)28(26-13)16-7-5-4-6-8-16/h4-8,11-12,15H,9-10H2,1-3H3,(H,25,29). The number of amides is 1. The molecule has 0 saturated heterocycles. The first-order valence-electron chi connectivity index (χ1n) is 9.78. The highest BCUT2D eigenvalue weighted by molar-refractivity contribution is 6.13. The van der Waals surface area contributed by atoms with E-state index in [0.29, 0.717) is 17.2 Å². The molecule has 0 atom stereocenters. The molecule has 4 aromatic rings. The van der Waals surface area contributed by atoms with Gasteiger partial charge in [-0.05, 0) is 44.9 Å². The molecule has 0 radical (unpaired) electrons. The van der Waals surface area contributed by atoms with E-state index in [1.165, 1.54) is 0 Å². The van der Waals surface area contributed by atoms with Crippen molar-refractivity contribution in [2.45, 2.75) is 32.6 Å². The van der Waals surface area contributed by atoms with Crippen molar-refractivity contribution in [2.75, 3.05) is 5.32 Å². The minimum Gasteiger partial charge on any atom is -0.319 e. The highest BCUT2D eigenvalue weighted by atomic mass is 16.1. The van der Waals surface area contributed by atoms with E-state index in [9.17, 15) is 4.79 Å². The van der Waals surface area contributed by atoms with Crippen LogP contribution in [0.1, 0.15) is 46.2 Å². The molecular weight excluding hydrogens is 364 g/mol. The number of fused-ring (bicyclic) bond motifs is 1. The maximum Gasteiger partial charge on any atom is 0.256 e. The summed E-state index contributed by atoms with van der Waals surface area (Å²) in [6.45, 7) is 3.85. The smallest absolute Gasteiger partial charge is 0.256 e. The molecule has 146 valence electrons. The first-order chi connectivity index (χ1) is 14.0. The van der Waals surface area contributed by atoms with Crippen molar-refractivity contribution in [2.24, 2.45) is 7.05 Å². The molecule has 0 spiro atoms. The number of aromatic nitrogens is 5. The first-order valence-corrected chi connectivity index (χ1v) is 9.78. The summed E-state index contributed by atoms with van der Waals surface area (Å²) >= 11 is 0. The molecule has 0 unspecified atom stereocenters. The first kappa shape index (κ1) is 17.6. The Labute approximate surface area is 168 Å². The summed E-state index contributed by atoms with van der Waals surface area (Å²) in [5.41, 5.74) is 5.63. The van der Waals surface area contributed by atoms with Crippen molar-refractivity contribution in [1.29, 1.82) is 0 Å². The minimum absolute atomic E-state index is 0.161. The number of aryl methyl sites for hydroxylation is 2. The summed E-state index contributed by atoms with van der Waals surface area (Å²) in [5, 5.41) is 12.7. The fourth-order valence-corrected chi connectivity index (χ4v) is 3.64. The van der Waals surface area contributed by atoms with E-state index in [0.717, 1.165) is 46.6 Å². The Balaban J connectivity index is 1.67. The third kappa shape index (κ3) is 2.99. The summed E-state index contributed by atoms with van der Waals surface area (Å²) in [6.07, 6.45) is 3.90. The molecule has 7 nitrogen and oxygen atoms in total. The topological polar surface area (TPSA) is 77.6 Å². The van der Waals surface area contributed by atoms with Gasteiger partial charge in [0.1, 0.15) is 0 Å². The van der Waals surface area contributed by atoms with Crippen molar-refractivity contribution >= 4 is 22.6 Å². The molecule has 1 N–H and O–H groups in total. The predicted octanol–water partition coefficient (Wildman–Crippen LogP) is 3.90. The lowest BCUT2D eigenvalue weighted by Crippen LogP contribution is -2.14. The van der Waals surface area contributed by atoms with Crippen LogP contribution in [-0.2, 0) is 7.05 Å². The second kappa shape index (κ2) is 6.55. The van der Waals surface area contributed by atoms with Gasteiger partial charge in [-0.15, -0.1) is 0 Å². The number of para-hydroxylation sites is 1. The maximum atomic E-state index is 13.3. The van der Waals surface area contributed by atoms with Crippen LogP contribution in [-0.4, -0.2) is 30.5 Å². The fourth-order valence-electron chi connectivity index (χ4n) is 3.64. The van der Waals surface area contributed by atoms with Crippen LogP contribution in [0.25, 0.3) is 16.7 Å². The SMILES string of the molecule is Cc1nn(-c2ccccc2)c2nc(C3CC3)cc(C(=O)Nc3cnn(C)c3C)c12. The summed E-state index contributed by atoms with van der Waals surface area (Å²) < 4.78 is 3.58. The second-order valence-electron chi connectivity index (χ2n) is 7.62. The minimum atomic E-state index is -0.161. The molecule has 3 heterocycles. The Hall–Kier alpha value is -3.48. The van der Waals surface area contributed by atoms with Crippen LogP contribution in [0.15, 0.2) is 42.6 Å². The molecule has 1 aliphatic rings. The van der Waals surface area contributed by atoms with Gasteiger partial charge in [0.05, 0.1) is 39.9 Å². The molecule has 1 fully saturated rings. The molecule has 3 aromatic heterocycles. The Morgan fingerprint density at radius 3 is 2.59 bits per heavy atom. The Bertz CT molecular complexity index is 1230. The van der Waals surface area contributed by atoms with E-state index < -0.39 is 0 Å². The fraction of sp³-hybridized carbons (Fsp3) is 0.273. The van der Waals surface area contributed by atoms with Crippen LogP contribution in [0.3, 0.4) is 0 Å². The Morgan fingerprint density at radius 2 is 1.93 bits per heavy atom. The van der Waals surface area contributed by atoms with Gasteiger partial charge in [-0.3, -0.25) is 9.48 Å². The average molecular weight is 386 g/mol. The number of nitrogens with zero attached hydrogens (tertiary/aromatic N) is 5. The zero-order valence-corrected chi connectivity index (χ0v) is 16.7. The lowest BCUT2D eigenvalue weighted by molar-refractivity contribution is 0.102. The van der Waals surface area contributed by atoms with Gasteiger partial charge in [0.2, 0.25) is 0 Å². The zero-order chi connectivity index (χ0) is 20.1. The summed E-state index contributed by atoms with van der Waals surface area (Å²) in [4.78, 5) is 18.2. The van der Waals surface area contributed by atoms with E-state index in [1.807, 2.05) is 62.0 Å². The van der Waals surface area contributed by atoms with Gasteiger partial charge in [-0.25, -0.2) is 9.67 Å². The third-order valence-electron chi connectivity index (χ3n) is 5.56. The van der Waals surface area contributed by atoms with Crippen molar-refractivity contribution < 1.29 is 4.79 Å². The molecule has 1 aliphatic carbocycles. The van der Waals surface area contributed by atoms with Gasteiger partial charge in [0.15, 0.2) is 5.65 Å². The number of hydrogen-bond donors (Lipinski definition) is 1. The van der Waals surface area contributed by atoms with E-state index in [4.69, 9.17) is 10.1 Å². The van der Waals surface area contributed by atoms with Gasteiger partial charge in [-0.2, -0.15) is 10.2 Å². The molecule has 29 heavy (non-hydrogen) atoms. The number of carbonyl (C=O) groups excluding carboxylic acids is 1. The number of rotatable bonds is 4. The molecule has 0 bridgehead atoms. The second-order valence-corrected chi connectivity index (χ2v) is 7.62. The number of nitrogens with one attached hydrogen (secondary N) is 1. The molecular formula is C22H22N6O. The van der Waals surface area contributed by atoms with Gasteiger partial charge < -0.3 is 5.32 Å². The predicted molar refractivity (Wildman–Crippen MR) is 111 cm³/mol. The lowest BCUT2D eigenvalue weighted by atomic mass is 10.1. The van der Waals surface area contributed by atoms with Gasteiger partial charge in [0.25, 0.3) is 5.91 Å². The lowest BCUT2D eigenvalue weighted by Gasteiger charge is -2.09. The molecule has 0 aliphatic heterocycles. The van der Waals surface area contributed by atoms with Crippen LogP contribution < -0.4 is 5.32 Å². The highest BCUT2D eigenvalue weighted by Gasteiger charge is 2.29. The third-order valence-corrected chi connectivity index (χ3v) is 5.56. The monoisotopic (exact) mass is 386 g/mol. The number of pyridine rings is 1. The number of benzene rings is 1. The zero-order valence-electron chi connectivity index (χ0n) is 16.7. The summed E-state index contributed by atoms with van der Waals surface area (Å²) in [6, 6.07) is 11.8. The van der Waals surface area contributed by atoms with Crippen LogP contribution >= 0.6 is 0 Å². The largest absolute Gasteiger partial charge is 0.319 e. The number of hydrogen-bond acceptors (Lipinski definition) is 4. The molecule has 1 aromatic carbocycles. The van der Waals surface area contributed by atoms with Gasteiger partial charge >= 0.3 is 0 Å². The van der Waals surface area contributed by atoms with Gasteiger partial charge in [-0.1, -0.05) is 18.2 Å².